The number of rotatable bonds is 16. The van der Waals surface area contributed by atoms with Crippen LogP contribution >= 0.6 is 0 Å². The molecule has 3 rings (SSSR count). The van der Waals surface area contributed by atoms with Gasteiger partial charge in [-0.25, -0.2) is 15.1 Å². The number of aliphatic carboxylic acids is 1. The Morgan fingerprint density at radius 2 is 1.57 bits per heavy atom. The monoisotopic (exact) mass is 649 g/mol. The lowest BCUT2D eigenvalue weighted by atomic mass is 10.0. The summed E-state index contributed by atoms with van der Waals surface area (Å²) in [5.74, 6) is -1.45. The number of carbonyl (C=O) groups excluding carboxylic acids is 3. The van der Waals surface area contributed by atoms with Crippen molar-refractivity contribution >= 4 is 29.6 Å². The fourth-order valence-corrected chi connectivity index (χ4v) is 5.41. The second-order valence-electron chi connectivity index (χ2n) is 13.1. The Morgan fingerprint density at radius 3 is 2.28 bits per heavy atom. The minimum Gasteiger partial charge on any atom is -0.479 e. The first kappa shape index (κ1) is 37.3. The number of amides is 3. The van der Waals surface area contributed by atoms with E-state index >= 15 is 0 Å². The molecule has 1 aliphatic carbocycles. The topological polar surface area (TPSA) is 134 Å². The lowest BCUT2D eigenvalue weighted by Crippen LogP contribution is -2.41. The van der Waals surface area contributed by atoms with Crippen LogP contribution in [0.15, 0.2) is 66.2 Å². The van der Waals surface area contributed by atoms with Gasteiger partial charge in [-0.15, -0.1) is 0 Å². The second-order valence-corrected chi connectivity index (χ2v) is 13.1. The molecule has 0 aliphatic heterocycles. The van der Waals surface area contributed by atoms with Gasteiger partial charge in [-0.1, -0.05) is 74.2 Å². The van der Waals surface area contributed by atoms with E-state index in [1.807, 2.05) is 0 Å². The molecule has 2 aromatic rings. The predicted molar refractivity (Wildman–Crippen MR) is 181 cm³/mol. The molecule has 256 valence electrons. The molecule has 47 heavy (non-hydrogen) atoms. The van der Waals surface area contributed by atoms with Gasteiger partial charge < -0.3 is 15.2 Å². The molecule has 3 N–H and O–H groups in total. The van der Waals surface area contributed by atoms with E-state index in [-0.39, 0.29) is 18.4 Å². The molecule has 0 fully saturated rings. The number of unbranched alkanes of at least 4 members (excludes halogenated alkanes) is 3. The number of allylic oxidation sites excluding steroid dienone is 1. The standard InChI is InChI=1S/C37H51N3O7/c1-37(2,3)47-36(45)40(34(35(43)44)30-20-12-9-13-21-30)26-29-19-16-22-31(25-29)38-32(41)23-14-7-8-15-24-33(42)39-46-27-28-17-10-5-4-6-11-18-28/h9,12-13,16-17,19-22,25,34H,4-8,10-11,14-15,18,23-24,26-27H2,1-3H3,(H,38,41)(H,39,42)(H,43,44)/b28-17+. The number of benzene rings is 2. The minimum atomic E-state index is -1.27. The number of nitrogens with zero attached hydrogens (tertiary/aromatic N) is 1. The van der Waals surface area contributed by atoms with Crippen molar-refractivity contribution in [3.05, 3.63) is 77.4 Å². The Hall–Kier alpha value is -4.18. The van der Waals surface area contributed by atoms with Gasteiger partial charge in [-0.3, -0.25) is 19.3 Å². The van der Waals surface area contributed by atoms with Gasteiger partial charge in [0.25, 0.3) is 0 Å². The van der Waals surface area contributed by atoms with Crippen molar-refractivity contribution in [2.24, 2.45) is 0 Å². The van der Waals surface area contributed by atoms with E-state index in [1.165, 1.54) is 36.2 Å². The van der Waals surface area contributed by atoms with E-state index in [1.54, 1.807) is 75.4 Å². The molecule has 0 heterocycles. The average molecular weight is 650 g/mol. The highest BCUT2D eigenvalue weighted by Crippen LogP contribution is 2.27. The molecule has 10 heteroatoms. The van der Waals surface area contributed by atoms with Gasteiger partial charge in [0.15, 0.2) is 6.04 Å². The highest BCUT2D eigenvalue weighted by atomic mass is 16.6. The fourth-order valence-electron chi connectivity index (χ4n) is 5.41. The van der Waals surface area contributed by atoms with Gasteiger partial charge >= 0.3 is 12.1 Å². The van der Waals surface area contributed by atoms with Gasteiger partial charge in [0.1, 0.15) is 5.60 Å². The van der Waals surface area contributed by atoms with Crippen LogP contribution in [-0.4, -0.2) is 46.1 Å². The van der Waals surface area contributed by atoms with E-state index < -0.39 is 23.7 Å². The van der Waals surface area contributed by atoms with Crippen LogP contribution in [0.2, 0.25) is 0 Å². The first-order valence-corrected chi connectivity index (χ1v) is 16.8. The average Bonchev–Trinajstić information content (AvgIpc) is 2.99. The Bertz CT molecular complexity index is 1340. The second kappa shape index (κ2) is 19.5. The molecule has 0 spiro atoms. The van der Waals surface area contributed by atoms with E-state index in [0.29, 0.717) is 42.7 Å². The maximum atomic E-state index is 13.2. The Balaban J connectivity index is 1.44. The summed E-state index contributed by atoms with van der Waals surface area (Å²) in [5, 5.41) is 13.0. The molecule has 0 bridgehead atoms. The zero-order valence-corrected chi connectivity index (χ0v) is 28.1. The first-order valence-electron chi connectivity index (χ1n) is 16.8. The van der Waals surface area contributed by atoms with Crippen LogP contribution in [0.25, 0.3) is 0 Å². The van der Waals surface area contributed by atoms with Crippen molar-refractivity contribution in [2.75, 3.05) is 11.9 Å². The summed E-state index contributed by atoms with van der Waals surface area (Å²) in [6.45, 7) is 5.58. The molecule has 2 aromatic carbocycles. The largest absolute Gasteiger partial charge is 0.479 e. The lowest BCUT2D eigenvalue weighted by molar-refractivity contribution is -0.143. The van der Waals surface area contributed by atoms with Crippen LogP contribution in [0.1, 0.15) is 115 Å². The van der Waals surface area contributed by atoms with Crippen LogP contribution < -0.4 is 10.8 Å². The third-order valence-electron chi connectivity index (χ3n) is 7.74. The summed E-state index contributed by atoms with van der Waals surface area (Å²) < 4.78 is 5.58. The molecule has 0 saturated carbocycles. The summed E-state index contributed by atoms with van der Waals surface area (Å²) in [6.07, 6.45) is 12.3. The molecule has 1 unspecified atom stereocenters. The lowest BCUT2D eigenvalue weighted by Gasteiger charge is -2.32. The smallest absolute Gasteiger partial charge is 0.411 e. The zero-order valence-electron chi connectivity index (χ0n) is 28.1. The molecule has 0 saturated heterocycles. The van der Waals surface area contributed by atoms with Crippen molar-refractivity contribution in [3.63, 3.8) is 0 Å². The first-order chi connectivity index (χ1) is 22.5. The highest BCUT2D eigenvalue weighted by molar-refractivity contribution is 5.90. The summed E-state index contributed by atoms with van der Waals surface area (Å²) in [6, 6.07) is 14.3. The number of carboxylic acid groups (broad SMARTS) is 1. The number of nitrogens with one attached hydrogen (secondary N) is 2. The number of carboxylic acids is 1. The van der Waals surface area contributed by atoms with E-state index in [4.69, 9.17) is 9.57 Å². The van der Waals surface area contributed by atoms with Crippen molar-refractivity contribution < 1.29 is 33.9 Å². The molecule has 1 atom stereocenters. The fraction of sp³-hybridized carbons (Fsp3) is 0.514. The van der Waals surface area contributed by atoms with E-state index in [2.05, 4.69) is 16.9 Å². The summed E-state index contributed by atoms with van der Waals surface area (Å²) in [4.78, 5) is 57.0. The normalized spacial score (nSPS) is 15.3. The number of ether oxygens (including phenoxy) is 1. The molecular weight excluding hydrogens is 598 g/mol. The molecule has 3 amide bonds. The Labute approximate surface area is 278 Å². The number of hydrogen-bond donors (Lipinski definition) is 3. The molecular formula is C37H51N3O7. The van der Waals surface area contributed by atoms with Gasteiger partial charge in [-0.2, -0.15) is 0 Å². The summed E-state index contributed by atoms with van der Waals surface area (Å²) in [5.41, 5.74) is 4.62. The van der Waals surface area contributed by atoms with Gasteiger partial charge in [0, 0.05) is 18.5 Å². The molecule has 10 nitrogen and oxygen atoms in total. The van der Waals surface area contributed by atoms with E-state index in [9.17, 15) is 24.3 Å². The van der Waals surface area contributed by atoms with Crippen LogP contribution in [0, 0.1) is 0 Å². The van der Waals surface area contributed by atoms with Crippen LogP contribution in [0.5, 0.6) is 0 Å². The maximum Gasteiger partial charge on any atom is 0.411 e. The zero-order chi connectivity index (χ0) is 34.1. The summed E-state index contributed by atoms with van der Waals surface area (Å²) >= 11 is 0. The van der Waals surface area contributed by atoms with Crippen molar-refractivity contribution in [2.45, 2.75) is 116 Å². The number of hydrogen-bond acceptors (Lipinski definition) is 6. The molecule has 1 aliphatic rings. The van der Waals surface area contributed by atoms with Gasteiger partial charge in [0.2, 0.25) is 11.8 Å². The van der Waals surface area contributed by atoms with Crippen LogP contribution in [0.4, 0.5) is 10.5 Å². The third kappa shape index (κ3) is 14.4. The number of carbonyl (C=O) groups is 4. The Kier molecular flexibility index (Phi) is 15.4. The van der Waals surface area contributed by atoms with Crippen molar-refractivity contribution in [1.82, 2.24) is 10.4 Å². The third-order valence-corrected chi connectivity index (χ3v) is 7.74. The Morgan fingerprint density at radius 1 is 0.872 bits per heavy atom. The number of anilines is 1. The predicted octanol–water partition coefficient (Wildman–Crippen LogP) is 7.86. The van der Waals surface area contributed by atoms with Crippen LogP contribution in [-0.2, 0) is 30.5 Å². The minimum absolute atomic E-state index is 0.0407. The molecule has 0 aromatic heterocycles. The number of hydroxylamine groups is 1. The summed E-state index contributed by atoms with van der Waals surface area (Å²) in [7, 11) is 0. The SMILES string of the molecule is CC(C)(C)OC(=O)N(Cc1cccc(NC(=O)CCCCCCC(=O)NOC/C2=C/CCCCCC2)c1)C(C(=O)O)c1ccccc1. The van der Waals surface area contributed by atoms with Crippen molar-refractivity contribution in [3.8, 4) is 0 Å². The van der Waals surface area contributed by atoms with E-state index in [0.717, 1.165) is 32.1 Å². The van der Waals surface area contributed by atoms with Gasteiger partial charge in [-0.05, 0) is 88.1 Å². The maximum absolute atomic E-state index is 13.2. The highest BCUT2D eigenvalue weighted by Gasteiger charge is 2.34. The quantitative estimate of drug-likeness (QED) is 0.0957. The van der Waals surface area contributed by atoms with Gasteiger partial charge in [0.05, 0.1) is 13.2 Å². The molecule has 0 radical (unpaired) electrons. The van der Waals surface area contributed by atoms with Crippen molar-refractivity contribution in [1.29, 1.82) is 0 Å². The van der Waals surface area contributed by atoms with Crippen LogP contribution in [0.3, 0.4) is 0 Å².